The Balaban J connectivity index is 1.86. The quantitative estimate of drug-likeness (QED) is 0.729. The molecule has 2 aliphatic rings. The number of nitrogens with one attached hydrogen (secondary N) is 1. The van der Waals surface area contributed by atoms with Crippen LogP contribution in [0.15, 0.2) is 0 Å². The number of hydrogen-bond donors (Lipinski definition) is 1. The van der Waals surface area contributed by atoms with Gasteiger partial charge in [0, 0.05) is 18.1 Å². The first-order valence-electron chi connectivity index (χ1n) is 8.15. The molecule has 1 heterocycles. The molecule has 2 atom stereocenters. The number of hydrogen-bond acceptors (Lipinski definition) is 2. The maximum absolute atomic E-state index is 3.83. The Hall–Kier alpha value is -0.0800. The summed E-state index contributed by atoms with van der Waals surface area (Å²) in [5, 5.41) is 3.83. The second kappa shape index (κ2) is 6.38. The van der Waals surface area contributed by atoms with Gasteiger partial charge >= 0.3 is 0 Å². The fraction of sp³-hybridized carbons (Fsp3) is 1.00. The van der Waals surface area contributed by atoms with Gasteiger partial charge in [-0.05, 0) is 58.5 Å². The van der Waals surface area contributed by atoms with Crippen molar-refractivity contribution in [3.63, 3.8) is 0 Å². The first-order chi connectivity index (χ1) is 8.65. The van der Waals surface area contributed by atoms with Gasteiger partial charge in [-0.2, -0.15) is 0 Å². The van der Waals surface area contributed by atoms with E-state index in [4.69, 9.17) is 0 Å². The lowest BCUT2D eigenvalue weighted by molar-refractivity contribution is 0.151. The molecule has 2 rings (SSSR count). The van der Waals surface area contributed by atoms with E-state index in [-0.39, 0.29) is 0 Å². The van der Waals surface area contributed by atoms with Crippen molar-refractivity contribution in [3.05, 3.63) is 0 Å². The molecule has 0 radical (unpaired) electrons. The lowest BCUT2D eigenvalue weighted by Crippen LogP contribution is -2.52. The van der Waals surface area contributed by atoms with Crippen molar-refractivity contribution in [2.75, 3.05) is 19.6 Å². The third-order valence-electron chi connectivity index (χ3n) is 5.01. The fourth-order valence-corrected chi connectivity index (χ4v) is 3.46. The first-order valence-corrected chi connectivity index (χ1v) is 8.15. The van der Waals surface area contributed by atoms with Gasteiger partial charge < -0.3 is 5.32 Å². The van der Waals surface area contributed by atoms with Crippen LogP contribution in [0.1, 0.15) is 65.7 Å². The molecule has 1 saturated heterocycles. The Bertz CT molecular complexity index is 249. The average Bonchev–Trinajstić information content (AvgIpc) is 3.15. The monoisotopic (exact) mass is 252 g/mol. The Morgan fingerprint density at radius 1 is 1.33 bits per heavy atom. The zero-order chi connectivity index (χ0) is 13.0. The summed E-state index contributed by atoms with van der Waals surface area (Å²) in [7, 11) is 0. The Kier molecular flexibility index (Phi) is 5.08. The summed E-state index contributed by atoms with van der Waals surface area (Å²) in [6.07, 6.45) is 9.74. The maximum Gasteiger partial charge on any atom is 0.0308 e. The van der Waals surface area contributed by atoms with Crippen LogP contribution in [0.3, 0.4) is 0 Å². The highest BCUT2D eigenvalue weighted by molar-refractivity contribution is 5.01. The van der Waals surface area contributed by atoms with Crippen LogP contribution in [0.2, 0.25) is 0 Å². The van der Waals surface area contributed by atoms with E-state index in [1.807, 2.05) is 0 Å². The number of unbranched alkanes of at least 4 members (excludes halogenated alkanes) is 2. The Morgan fingerprint density at radius 2 is 2.11 bits per heavy atom. The maximum atomic E-state index is 3.83. The summed E-state index contributed by atoms with van der Waals surface area (Å²) < 4.78 is 0. The highest BCUT2D eigenvalue weighted by atomic mass is 15.2. The molecule has 1 N–H and O–H groups in total. The summed E-state index contributed by atoms with van der Waals surface area (Å²) in [4.78, 5) is 2.76. The molecule has 0 aromatic heterocycles. The Labute approximate surface area is 114 Å². The lowest BCUT2D eigenvalue weighted by Gasteiger charge is -2.37. The van der Waals surface area contributed by atoms with Crippen LogP contribution in [-0.2, 0) is 0 Å². The SMILES string of the molecule is CCCCCC(C)N1CCCNC(C)(C2CC2)C1. The van der Waals surface area contributed by atoms with E-state index in [1.165, 1.54) is 64.6 Å². The highest BCUT2D eigenvalue weighted by Crippen LogP contribution is 2.40. The van der Waals surface area contributed by atoms with Crippen molar-refractivity contribution in [2.24, 2.45) is 5.92 Å². The van der Waals surface area contributed by atoms with Crippen LogP contribution in [0.5, 0.6) is 0 Å². The van der Waals surface area contributed by atoms with Crippen LogP contribution in [-0.4, -0.2) is 36.1 Å². The Morgan fingerprint density at radius 3 is 2.78 bits per heavy atom. The summed E-state index contributed by atoms with van der Waals surface area (Å²) in [5.74, 6) is 0.945. The molecule has 2 heteroatoms. The van der Waals surface area contributed by atoms with E-state index in [0.29, 0.717) is 5.54 Å². The molecular formula is C16H32N2. The zero-order valence-corrected chi connectivity index (χ0v) is 12.7. The van der Waals surface area contributed by atoms with Gasteiger partial charge in [-0.1, -0.05) is 26.2 Å². The van der Waals surface area contributed by atoms with Crippen LogP contribution < -0.4 is 5.32 Å². The summed E-state index contributed by atoms with van der Waals surface area (Å²) >= 11 is 0. The van der Waals surface area contributed by atoms with Crippen molar-refractivity contribution in [3.8, 4) is 0 Å². The normalized spacial score (nSPS) is 32.2. The third kappa shape index (κ3) is 3.71. The molecule has 1 aliphatic carbocycles. The lowest BCUT2D eigenvalue weighted by atomic mass is 9.94. The second-order valence-electron chi connectivity index (χ2n) is 6.79. The first kappa shape index (κ1) is 14.3. The van der Waals surface area contributed by atoms with Gasteiger partial charge in [0.25, 0.3) is 0 Å². The van der Waals surface area contributed by atoms with Gasteiger partial charge in [0.05, 0.1) is 0 Å². The van der Waals surface area contributed by atoms with Crippen LogP contribution in [0, 0.1) is 5.92 Å². The molecule has 1 aliphatic heterocycles. The van der Waals surface area contributed by atoms with E-state index >= 15 is 0 Å². The van der Waals surface area contributed by atoms with Gasteiger partial charge in [-0.25, -0.2) is 0 Å². The molecule has 0 bridgehead atoms. The molecule has 0 amide bonds. The van der Waals surface area contributed by atoms with Gasteiger partial charge in [-0.15, -0.1) is 0 Å². The van der Waals surface area contributed by atoms with Crippen LogP contribution >= 0.6 is 0 Å². The summed E-state index contributed by atoms with van der Waals surface area (Å²) in [5.41, 5.74) is 0.398. The van der Waals surface area contributed by atoms with Crippen molar-refractivity contribution in [1.29, 1.82) is 0 Å². The van der Waals surface area contributed by atoms with E-state index in [0.717, 1.165) is 12.0 Å². The standard InChI is InChI=1S/C16H32N2/c1-4-5-6-8-14(2)18-12-7-11-17-16(3,13-18)15-9-10-15/h14-15,17H,4-13H2,1-3H3. The number of nitrogens with zero attached hydrogens (tertiary/aromatic N) is 1. The molecular weight excluding hydrogens is 220 g/mol. The molecule has 0 aromatic carbocycles. The van der Waals surface area contributed by atoms with Gasteiger partial charge in [0.15, 0.2) is 0 Å². The molecule has 2 nitrogen and oxygen atoms in total. The zero-order valence-electron chi connectivity index (χ0n) is 12.7. The molecule has 2 fully saturated rings. The topological polar surface area (TPSA) is 15.3 Å². The summed E-state index contributed by atoms with van der Waals surface area (Å²) in [6.45, 7) is 11.0. The second-order valence-corrected chi connectivity index (χ2v) is 6.79. The fourth-order valence-electron chi connectivity index (χ4n) is 3.46. The third-order valence-corrected chi connectivity index (χ3v) is 5.01. The smallest absolute Gasteiger partial charge is 0.0308 e. The molecule has 0 spiro atoms. The molecule has 0 aromatic rings. The predicted octanol–water partition coefficient (Wildman–Crippen LogP) is 3.42. The average molecular weight is 252 g/mol. The van der Waals surface area contributed by atoms with Gasteiger partial charge in [0.2, 0.25) is 0 Å². The van der Waals surface area contributed by atoms with E-state index in [9.17, 15) is 0 Å². The van der Waals surface area contributed by atoms with Crippen LogP contribution in [0.4, 0.5) is 0 Å². The minimum absolute atomic E-state index is 0.398. The van der Waals surface area contributed by atoms with Gasteiger partial charge in [0.1, 0.15) is 0 Å². The molecule has 18 heavy (non-hydrogen) atoms. The number of rotatable bonds is 6. The van der Waals surface area contributed by atoms with E-state index in [1.54, 1.807) is 0 Å². The largest absolute Gasteiger partial charge is 0.310 e. The minimum Gasteiger partial charge on any atom is -0.310 e. The highest BCUT2D eigenvalue weighted by Gasteiger charge is 2.43. The van der Waals surface area contributed by atoms with Crippen molar-refractivity contribution in [2.45, 2.75) is 77.3 Å². The molecule has 2 unspecified atom stereocenters. The molecule has 1 saturated carbocycles. The predicted molar refractivity (Wildman–Crippen MR) is 78.9 cm³/mol. The minimum atomic E-state index is 0.398. The van der Waals surface area contributed by atoms with Crippen molar-refractivity contribution >= 4 is 0 Å². The van der Waals surface area contributed by atoms with Crippen molar-refractivity contribution < 1.29 is 0 Å². The van der Waals surface area contributed by atoms with Crippen molar-refractivity contribution in [1.82, 2.24) is 10.2 Å². The van der Waals surface area contributed by atoms with Crippen LogP contribution in [0.25, 0.3) is 0 Å². The summed E-state index contributed by atoms with van der Waals surface area (Å²) in [6, 6.07) is 0.773. The van der Waals surface area contributed by atoms with E-state index < -0.39 is 0 Å². The van der Waals surface area contributed by atoms with E-state index in [2.05, 4.69) is 31.0 Å². The van der Waals surface area contributed by atoms with Gasteiger partial charge in [-0.3, -0.25) is 4.90 Å². The molecule has 106 valence electrons.